The predicted molar refractivity (Wildman–Crippen MR) is 56.7 cm³/mol. The van der Waals surface area contributed by atoms with E-state index in [-0.39, 0.29) is 18.4 Å². The van der Waals surface area contributed by atoms with Crippen LogP contribution >= 0.6 is 0 Å². The number of fused-ring (bicyclic) bond motifs is 2. The molecule has 0 N–H and O–H groups in total. The number of rotatable bonds is 3. The number of halogens is 3. The second-order valence-electron chi connectivity index (χ2n) is 5.09. The molecule has 2 aliphatic carbocycles. The van der Waals surface area contributed by atoms with Gasteiger partial charge in [0, 0.05) is 6.61 Å². The van der Waals surface area contributed by atoms with E-state index in [9.17, 15) is 18.0 Å². The number of carbonyl (C=O) groups excluding carboxylic acids is 1. The molecule has 3 nitrogen and oxygen atoms in total. The molecule has 2 fully saturated rings. The van der Waals surface area contributed by atoms with E-state index in [1.54, 1.807) is 0 Å². The van der Waals surface area contributed by atoms with Crippen LogP contribution < -0.4 is 0 Å². The number of hydrogen-bond acceptors (Lipinski definition) is 3. The lowest BCUT2D eigenvalue weighted by Crippen LogP contribution is -2.51. The van der Waals surface area contributed by atoms with Gasteiger partial charge < -0.3 is 9.47 Å². The van der Waals surface area contributed by atoms with Crippen LogP contribution in [0.2, 0.25) is 0 Å². The van der Waals surface area contributed by atoms with E-state index in [0.717, 1.165) is 7.11 Å². The highest BCUT2D eigenvalue weighted by atomic mass is 19.4. The van der Waals surface area contributed by atoms with Gasteiger partial charge in [-0.1, -0.05) is 0 Å². The van der Waals surface area contributed by atoms with E-state index < -0.39 is 23.5 Å². The standard InChI is InChI=1S/C12H17F3O3/c1-3-18-9-5-8-4-7(9)6-11(8,10(16)17-2)12(13,14)15/h7-9H,3-6H2,1-2H3. The highest BCUT2D eigenvalue weighted by Crippen LogP contribution is 2.63. The molecule has 104 valence electrons. The van der Waals surface area contributed by atoms with Gasteiger partial charge in [0.2, 0.25) is 0 Å². The Kier molecular flexibility index (Phi) is 3.34. The minimum atomic E-state index is -4.54. The van der Waals surface area contributed by atoms with Crippen molar-refractivity contribution in [2.45, 2.75) is 38.5 Å². The first-order valence-corrected chi connectivity index (χ1v) is 6.13. The average Bonchev–Trinajstić information content (AvgIpc) is 2.85. The van der Waals surface area contributed by atoms with Crippen molar-refractivity contribution in [1.82, 2.24) is 0 Å². The van der Waals surface area contributed by atoms with E-state index in [2.05, 4.69) is 4.74 Å². The lowest BCUT2D eigenvalue weighted by atomic mass is 9.71. The van der Waals surface area contributed by atoms with Crippen LogP contribution in [0.1, 0.15) is 26.2 Å². The van der Waals surface area contributed by atoms with Crippen LogP contribution in [-0.4, -0.2) is 32.0 Å². The number of hydrogen-bond donors (Lipinski definition) is 0. The second kappa shape index (κ2) is 4.40. The van der Waals surface area contributed by atoms with Gasteiger partial charge in [-0.15, -0.1) is 0 Å². The van der Waals surface area contributed by atoms with Crippen LogP contribution in [0.4, 0.5) is 13.2 Å². The van der Waals surface area contributed by atoms with Gasteiger partial charge in [-0.2, -0.15) is 13.2 Å². The van der Waals surface area contributed by atoms with Crippen LogP contribution in [0.25, 0.3) is 0 Å². The van der Waals surface area contributed by atoms with E-state index >= 15 is 0 Å². The van der Waals surface area contributed by atoms with E-state index in [1.807, 2.05) is 6.92 Å². The van der Waals surface area contributed by atoms with Gasteiger partial charge in [0.25, 0.3) is 0 Å². The van der Waals surface area contributed by atoms with Crippen LogP contribution in [0, 0.1) is 17.3 Å². The summed E-state index contributed by atoms with van der Waals surface area (Å²) in [6.07, 6.45) is -4.18. The monoisotopic (exact) mass is 266 g/mol. The molecule has 2 rings (SSSR count). The fourth-order valence-electron chi connectivity index (χ4n) is 3.60. The van der Waals surface area contributed by atoms with Gasteiger partial charge in [0.05, 0.1) is 13.2 Å². The molecule has 18 heavy (non-hydrogen) atoms. The summed E-state index contributed by atoms with van der Waals surface area (Å²) >= 11 is 0. The molecule has 0 radical (unpaired) electrons. The van der Waals surface area contributed by atoms with Crippen molar-refractivity contribution >= 4 is 5.97 Å². The van der Waals surface area contributed by atoms with Gasteiger partial charge in [0.15, 0.2) is 5.41 Å². The molecule has 4 unspecified atom stereocenters. The van der Waals surface area contributed by atoms with Gasteiger partial charge in [-0.25, -0.2) is 0 Å². The third kappa shape index (κ3) is 1.73. The predicted octanol–water partition coefficient (Wildman–Crippen LogP) is 2.54. The number of methoxy groups -OCH3 is 1. The van der Waals surface area contributed by atoms with Crippen molar-refractivity contribution in [2.75, 3.05) is 13.7 Å². The van der Waals surface area contributed by atoms with E-state index in [1.165, 1.54) is 0 Å². The summed E-state index contributed by atoms with van der Waals surface area (Å²) in [7, 11) is 1.02. The van der Waals surface area contributed by atoms with Gasteiger partial charge in [-0.3, -0.25) is 4.79 Å². The van der Waals surface area contributed by atoms with Gasteiger partial charge >= 0.3 is 12.1 Å². The Morgan fingerprint density at radius 2 is 2.06 bits per heavy atom. The van der Waals surface area contributed by atoms with Crippen LogP contribution in [-0.2, 0) is 14.3 Å². The molecule has 0 aliphatic heterocycles. The normalized spacial score (nSPS) is 39.1. The molecule has 4 atom stereocenters. The first-order valence-electron chi connectivity index (χ1n) is 6.13. The lowest BCUT2D eigenvalue weighted by molar-refractivity contribution is -0.250. The van der Waals surface area contributed by atoms with E-state index in [0.29, 0.717) is 19.4 Å². The molecule has 0 heterocycles. The first-order chi connectivity index (χ1) is 8.36. The Hall–Kier alpha value is -0.780. The molecule has 0 amide bonds. The number of ether oxygens (including phenoxy) is 2. The van der Waals surface area contributed by atoms with Crippen LogP contribution in [0.15, 0.2) is 0 Å². The highest BCUT2D eigenvalue weighted by Gasteiger charge is 2.72. The highest BCUT2D eigenvalue weighted by molar-refractivity contribution is 5.79. The smallest absolute Gasteiger partial charge is 0.405 e. The maximum Gasteiger partial charge on any atom is 0.405 e. The zero-order valence-corrected chi connectivity index (χ0v) is 10.4. The van der Waals surface area contributed by atoms with Crippen molar-refractivity contribution in [1.29, 1.82) is 0 Å². The van der Waals surface area contributed by atoms with Crippen molar-refractivity contribution in [3.63, 3.8) is 0 Å². The minimum Gasteiger partial charge on any atom is -0.468 e. The molecule has 0 saturated heterocycles. The van der Waals surface area contributed by atoms with Crippen molar-refractivity contribution < 1.29 is 27.4 Å². The zero-order chi connectivity index (χ0) is 13.6. The fraction of sp³-hybridized carbons (Fsp3) is 0.917. The summed E-state index contributed by atoms with van der Waals surface area (Å²) in [5.74, 6) is -2.03. The minimum absolute atomic E-state index is 0.139. The maximum atomic E-state index is 13.3. The number of esters is 1. The lowest BCUT2D eigenvalue weighted by Gasteiger charge is -2.38. The fourth-order valence-corrected chi connectivity index (χ4v) is 3.60. The third-order valence-electron chi connectivity index (χ3n) is 4.35. The van der Waals surface area contributed by atoms with Crippen molar-refractivity contribution in [3.8, 4) is 0 Å². The summed E-state index contributed by atoms with van der Waals surface area (Å²) in [5.41, 5.74) is -2.31. The van der Waals surface area contributed by atoms with Gasteiger partial charge in [-0.05, 0) is 38.0 Å². The first kappa shape index (κ1) is 13.6. The number of alkyl halides is 3. The molecule has 2 bridgehead atoms. The quantitative estimate of drug-likeness (QED) is 0.736. The molecule has 0 aromatic carbocycles. The maximum absolute atomic E-state index is 13.3. The summed E-state index contributed by atoms with van der Waals surface area (Å²) in [5, 5.41) is 0. The van der Waals surface area contributed by atoms with E-state index in [4.69, 9.17) is 4.74 Å². The molecule has 6 heteroatoms. The molecule has 0 spiro atoms. The Balaban J connectivity index is 2.25. The molecular weight excluding hydrogens is 249 g/mol. The van der Waals surface area contributed by atoms with Crippen LogP contribution in [0.3, 0.4) is 0 Å². The second-order valence-corrected chi connectivity index (χ2v) is 5.09. The largest absolute Gasteiger partial charge is 0.468 e. The van der Waals surface area contributed by atoms with Crippen LogP contribution in [0.5, 0.6) is 0 Å². The van der Waals surface area contributed by atoms with Crippen molar-refractivity contribution in [2.24, 2.45) is 17.3 Å². The summed E-state index contributed by atoms with van der Waals surface area (Å²) in [6, 6.07) is 0. The average molecular weight is 266 g/mol. The Bertz CT molecular complexity index is 342. The Labute approximate surface area is 104 Å². The Morgan fingerprint density at radius 3 is 2.44 bits per heavy atom. The zero-order valence-electron chi connectivity index (χ0n) is 10.4. The molecule has 2 aliphatic rings. The SMILES string of the molecule is CCOC1CC2CC1CC2(C(=O)OC)C(F)(F)F. The number of carbonyl (C=O) groups is 1. The molecule has 0 aromatic heterocycles. The summed E-state index contributed by atoms with van der Waals surface area (Å²) in [4.78, 5) is 11.7. The summed E-state index contributed by atoms with van der Waals surface area (Å²) < 4.78 is 49.7. The molecular formula is C12H17F3O3. The Morgan fingerprint density at radius 1 is 1.39 bits per heavy atom. The molecule has 0 aromatic rings. The molecule has 2 saturated carbocycles. The van der Waals surface area contributed by atoms with Crippen molar-refractivity contribution in [3.05, 3.63) is 0 Å². The topological polar surface area (TPSA) is 35.5 Å². The third-order valence-corrected chi connectivity index (χ3v) is 4.35. The van der Waals surface area contributed by atoms with Gasteiger partial charge in [0.1, 0.15) is 0 Å². The summed E-state index contributed by atoms with van der Waals surface area (Å²) in [6.45, 7) is 2.31.